The summed E-state index contributed by atoms with van der Waals surface area (Å²) in [6.45, 7) is 16.2. The van der Waals surface area contributed by atoms with Crippen LogP contribution in [0.25, 0.3) is 0 Å². The maximum atomic E-state index is 12.8. The molecule has 5 fully saturated rings. The zero-order chi connectivity index (χ0) is 24.9. The van der Waals surface area contributed by atoms with Gasteiger partial charge >= 0.3 is 5.97 Å². The highest BCUT2D eigenvalue weighted by Crippen LogP contribution is 2.77. The quantitative estimate of drug-likeness (QED) is 0.436. The standard InChI is InChI=1S/C30H48O4/c1-18(2)19-9-14-30(25(33)34)16-15-28(5)20(24(19)30)7-8-22-26(3)12-11-23(32)27(4,17-31)21(26)10-13-29(22,28)6/h19-24,31-32H,1,7-17H2,2-6H3,(H,33,34)/t19-,20+,21+,22+,23-,24+,26-,27-,28+,29+,30-/m0/s1. The number of hydrogen-bond donors (Lipinski definition) is 3. The topological polar surface area (TPSA) is 77.8 Å². The summed E-state index contributed by atoms with van der Waals surface area (Å²) >= 11 is 0. The summed E-state index contributed by atoms with van der Waals surface area (Å²) in [6.07, 6.45) is 9.43. The Balaban J connectivity index is 1.56. The number of allylic oxidation sites excluding steroid dienone is 1. The van der Waals surface area contributed by atoms with Gasteiger partial charge in [-0.15, -0.1) is 0 Å². The summed E-state index contributed by atoms with van der Waals surface area (Å²) in [4.78, 5) is 12.8. The zero-order valence-corrected chi connectivity index (χ0v) is 22.2. The summed E-state index contributed by atoms with van der Waals surface area (Å²) in [6, 6.07) is 0. The van der Waals surface area contributed by atoms with Gasteiger partial charge in [0.05, 0.1) is 18.1 Å². The van der Waals surface area contributed by atoms with Crippen LogP contribution in [0.1, 0.15) is 98.8 Å². The first-order valence-electron chi connectivity index (χ1n) is 14.0. The minimum absolute atomic E-state index is 0.0568. The third-order valence-corrected chi connectivity index (χ3v) is 13.6. The lowest BCUT2D eigenvalue weighted by atomic mass is 9.32. The van der Waals surface area contributed by atoms with Gasteiger partial charge in [-0.25, -0.2) is 0 Å². The fourth-order valence-corrected chi connectivity index (χ4v) is 11.5. The molecule has 4 nitrogen and oxygen atoms in total. The first kappa shape index (κ1) is 24.8. The molecule has 3 N–H and O–H groups in total. The van der Waals surface area contributed by atoms with Crippen molar-refractivity contribution >= 4 is 5.97 Å². The lowest BCUT2D eigenvalue weighted by Crippen LogP contribution is -2.67. The Hall–Kier alpha value is -0.870. The molecule has 0 bridgehead atoms. The molecule has 0 radical (unpaired) electrons. The Morgan fingerprint density at radius 2 is 1.59 bits per heavy atom. The molecule has 0 aromatic rings. The average molecular weight is 473 g/mol. The maximum Gasteiger partial charge on any atom is 0.309 e. The van der Waals surface area contributed by atoms with Gasteiger partial charge in [-0.2, -0.15) is 0 Å². The highest BCUT2D eigenvalue weighted by molar-refractivity contribution is 5.76. The molecule has 5 aliphatic carbocycles. The van der Waals surface area contributed by atoms with E-state index in [2.05, 4.69) is 41.2 Å². The van der Waals surface area contributed by atoms with E-state index in [9.17, 15) is 20.1 Å². The van der Waals surface area contributed by atoms with Crippen molar-refractivity contribution in [3.05, 3.63) is 12.2 Å². The van der Waals surface area contributed by atoms with Crippen LogP contribution in [-0.4, -0.2) is 34.0 Å². The van der Waals surface area contributed by atoms with Crippen LogP contribution in [0.5, 0.6) is 0 Å². The van der Waals surface area contributed by atoms with Crippen LogP contribution in [-0.2, 0) is 4.79 Å². The lowest BCUT2D eigenvalue weighted by molar-refractivity contribution is -0.254. The van der Waals surface area contributed by atoms with Gasteiger partial charge in [0.2, 0.25) is 0 Å². The molecule has 0 heterocycles. The normalized spacial score (nSPS) is 56.6. The van der Waals surface area contributed by atoms with Crippen LogP contribution in [0.15, 0.2) is 12.2 Å². The van der Waals surface area contributed by atoms with E-state index < -0.39 is 22.9 Å². The molecular formula is C30H48O4. The van der Waals surface area contributed by atoms with Gasteiger partial charge in [0.1, 0.15) is 0 Å². The predicted molar refractivity (Wildman–Crippen MR) is 134 cm³/mol. The monoisotopic (exact) mass is 472 g/mol. The Labute approximate surface area is 206 Å². The first-order chi connectivity index (χ1) is 15.8. The van der Waals surface area contributed by atoms with Crippen molar-refractivity contribution in [3.8, 4) is 0 Å². The van der Waals surface area contributed by atoms with E-state index in [4.69, 9.17) is 0 Å². The van der Waals surface area contributed by atoms with Crippen molar-refractivity contribution in [3.63, 3.8) is 0 Å². The largest absolute Gasteiger partial charge is 0.481 e. The number of aliphatic hydroxyl groups is 2. The summed E-state index contributed by atoms with van der Waals surface area (Å²) in [5.74, 6) is 1.30. The fraction of sp³-hybridized carbons (Fsp3) is 0.900. The maximum absolute atomic E-state index is 12.8. The third-order valence-electron chi connectivity index (χ3n) is 13.6. The average Bonchev–Trinajstić information content (AvgIpc) is 3.18. The minimum atomic E-state index is -0.567. The Kier molecular flexibility index (Phi) is 5.52. The SMILES string of the molecule is C=C(C)[C@@H]1CC[C@]2(C(=O)O)CC[C@]3(C)[C@H](CC[C@@H]4[C@@]5(C)CC[C@H](O)[C@@](C)(CO)[C@@H]5CC[C@]43C)[C@@H]12. The molecule has 0 amide bonds. The van der Waals surface area contributed by atoms with E-state index >= 15 is 0 Å². The molecule has 5 rings (SSSR count). The van der Waals surface area contributed by atoms with Crippen LogP contribution < -0.4 is 0 Å². The smallest absolute Gasteiger partial charge is 0.309 e. The molecule has 0 spiro atoms. The van der Waals surface area contributed by atoms with E-state index in [1.54, 1.807) is 0 Å². The number of aliphatic carboxylic acids is 1. The van der Waals surface area contributed by atoms with Crippen molar-refractivity contribution in [2.45, 2.75) is 105 Å². The molecule has 0 aromatic heterocycles. The molecule has 5 saturated carbocycles. The van der Waals surface area contributed by atoms with Gasteiger partial charge in [0.15, 0.2) is 0 Å². The minimum Gasteiger partial charge on any atom is -0.481 e. The van der Waals surface area contributed by atoms with Crippen molar-refractivity contribution in [1.82, 2.24) is 0 Å². The van der Waals surface area contributed by atoms with Gasteiger partial charge < -0.3 is 15.3 Å². The number of rotatable bonds is 3. The lowest BCUT2D eigenvalue weighted by Gasteiger charge is -2.72. The number of fused-ring (bicyclic) bond motifs is 7. The summed E-state index contributed by atoms with van der Waals surface area (Å²) in [5.41, 5.74) is 0.586. The summed E-state index contributed by atoms with van der Waals surface area (Å²) in [5, 5.41) is 31.8. The van der Waals surface area contributed by atoms with Crippen LogP contribution in [0.4, 0.5) is 0 Å². The van der Waals surface area contributed by atoms with E-state index in [0.29, 0.717) is 23.7 Å². The number of carboxylic acids is 1. The van der Waals surface area contributed by atoms with Gasteiger partial charge in [0, 0.05) is 5.41 Å². The summed E-state index contributed by atoms with van der Waals surface area (Å²) < 4.78 is 0. The molecule has 0 aliphatic heterocycles. The third kappa shape index (κ3) is 2.76. The second kappa shape index (κ2) is 7.57. The molecular weight excluding hydrogens is 424 g/mol. The number of carboxylic acid groups (broad SMARTS) is 1. The first-order valence-corrected chi connectivity index (χ1v) is 14.0. The number of aliphatic hydroxyl groups excluding tert-OH is 2. The van der Waals surface area contributed by atoms with Crippen LogP contribution in [0.2, 0.25) is 0 Å². The van der Waals surface area contributed by atoms with E-state index in [1.807, 2.05) is 0 Å². The van der Waals surface area contributed by atoms with Crippen LogP contribution >= 0.6 is 0 Å². The second-order valence-electron chi connectivity index (χ2n) is 14.4. The second-order valence-corrected chi connectivity index (χ2v) is 14.4. The number of carbonyl (C=O) groups is 1. The Morgan fingerprint density at radius 3 is 2.21 bits per heavy atom. The van der Waals surface area contributed by atoms with Crippen molar-refractivity contribution < 1.29 is 20.1 Å². The van der Waals surface area contributed by atoms with E-state index in [1.165, 1.54) is 5.57 Å². The van der Waals surface area contributed by atoms with E-state index in [0.717, 1.165) is 64.2 Å². The van der Waals surface area contributed by atoms with Crippen molar-refractivity contribution in [2.24, 2.45) is 56.7 Å². The molecule has 0 saturated heterocycles. The highest BCUT2D eigenvalue weighted by atomic mass is 16.4. The Bertz CT molecular complexity index is 883. The van der Waals surface area contributed by atoms with E-state index in [-0.39, 0.29) is 28.8 Å². The summed E-state index contributed by atoms with van der Waals surface area (Å²) in [7, 11) is 0. The molecule has 0 unspecified atom stereocenters. The van der Waals surface area contributed by atoms with Crippen molar-refractivity contribution in [2.75, 3.05) is 6.61 Å². The van der Waals surface area contributed by atoms with Gasteiger partial charge in [-0.05, 0) is 117 Å². The molecule has 192 valence electrons. The molecule has 4 heteroatoms. The molecule has 11 atom stereocenters. The van der Waals surface area contributed by atoms with Gasteiger partial charge in [0.25, 0.3) is 0 Å². The number of hydrogen-bond acceptors (Lipinski definition) is 3. The Morgan fingerprint density at radius 1 is 0.882 bits per heavy atom. The highest BCUT2D eigenvalue weighted by Gasteiger charge is 2.72. The molecule has 0 aromatic carbocycles. The zero-order valence-electron chi connectivity index (χ0n) is 22.2. The van der Waals surface area contributed by atoms with Crippen molar-refractivity contribution in [1.29, 1.82) is 0 Å². The van der Waals surface area contributed by atoms with Gasteiger partial charge in [-0.1, -0.05) is 39.8 Å². The molecule has 5 aliphatic rings. The predicted octanol–water partition coefficient (Wildman–Crippen LogP) is 6.06. The van der Waals surface area contributed by atoms with Crippen LogP contribution in [0, 0.1) is 56.7 Å². The molecule has 34 heavy (non-hydrogen) atoms. The fourth-order valence-electron chi connectivity index (χ4n) is 11.5. The van der Waals surface area contributed by atoms with Crippen LogP contribution in [0.3, 0.4) is 0 Å². The van der Waals surface area contributed by atoms with Gasteiger partial charge in [-0.3, -0.25) is 4.79 Å².